The summed E-state index contributed by atoms with van der Waals surface area (Å²) in [6, 6.07) is 22.7. The summed E-state index contributed by atoms with van der Waals surface area (Å²) in [5.41, 5.74) is 0.592. The van der Waals surface area contributed by atoms with Gasteiger partial charge < -0.3 is 4.74 Å². The average Bonchev–Trinajstić information content (AvgIpc) is 3.92. The Morgan fingerprint density at radius 1 is 0.678 bits per heavy atom. The van der Waals surface area contributed by atoms with E-state index in [4.69, 9.17) is 31.7 Å². The largest absolute Gasteiger partial charge is 0.456 e. The van der Waals surface area contributed by atoms with Crippen molar-refractivity contribution in [3.05, 3.63) is 193 Å². The van der Waals surface area contributed by atoms with Crippen LogP contribution in [0.1, 0.15) is 59.7 Å². The molecule has 0 atom stereocenters. The number of rotatable bonds is 7. The van der Waals surface area contributed by atoms with Gasteiger partial charge in [0, 0.05) is 31.3 Å². The molecular weight excluding hydrogens is 723 g/mol. The Labute approximate surface area is 366 Å². The van der Waals surface area contributed by atoms with Crippen molar-refractivity contribution in [1.29, 1.82) is 0 Å². The maximum absolute atomic E-state index is 9.04. The second kappa shape index (κ2) is 14.3. The smallest absolute Gasteiger partial charge is 0.269 e. The van der Waals surface area contributed by atoms with Gasteiger partial charge in [0.2, 0.25) is 0 Å². The van der Waals surface area contributed by atoms with E-state index in [1.54, 1.807) is 42.6 Å². The van der Waals surface area contributed by atoms with Crippen LogP contribution in [0, 0.1) is 20.0 Å². The van der Waals surface area contributed by atoms with E-state index in [1.807, 2.05) is 47.0 Å². The van der Waals surface area contributed by atoms with Crippen molar-refractivity contribution in [1.82, 2.24) is 19.1 Å². The van der Waals surface area contributed by atoms with Crippen LogP contribution in [0.5, 0.6) is 11.5 Å². The van der Waals surface area contributed by atoms with Crippen molar-refractivity contribution < 1.29 is 31.2 Å². The van der Waals surface area contributed by atoms with Crippen LogP contribution in [0.4, 0.5) is 0 Å². The fraction of sp³-hybridized carbons (Fsp3) is 0.113. The molecule has 0 N–H and O–H groups in total. The van der Waals surface area contributed by atoms with E-state index in [0.717, 1.165) is 21.9 Å². The molecule has 0 spiro atoms. The fourth-order valence-corrected chi connectivity index (χ4v) is 7.49. The summed E-state index contributed by atoms with van der Waals surface area (Å²) in [5.74, 6) is 0.474. The molecule has 0 aliphatic heterocycles. The predicted molar refractivity (Wildman–Crippen MR) is 239 cm³/mol. The molecule has 59 heavy (non-hydrogen) atoms. The number of aryl methyl sites for hydroxylation is 2. The van der Waals surface area contributed by atoms with Gasteiger partial charge >= 0.3 is 0 Å². The van der Waals surface area contributed by atoms with E-state index in [9.17, 15) is 0 Å². The highest BCUT2D eigenvalue weighted by atomic mass is 16.5. The van der Waals surface area contributed by atoms with Gasteiger partial charge in [-0.3, -0.25) is 18.7 Å². The molecule has 10 aromatic rings. The first-order valence-electron chi connectivity index (χ1n) is 26.8. The summed E-state index contributed by atoms with van der Waals surface area (Å²) < 4.78 is 151. The van der Waals surface area contributed by atoms with Gasteiger partial charge in [-0.05, 0) is 83.3 Å². The molecule has 4 heterocycles. The molecule has 0 aliphatic carbocycles. The number of ether oxygens (including phenoxy) is 1. The zero-order chi connectivity index (χ0) is 54.0. The molecule has 6 nitrogen and oxygen atoms in total. The summed E-state index contributed by atoms with van der Waals surface area (Å²) in [4.78, 5) is 9.13. The number of imidazole rings is 1. The van der Waals surface area contributed by atoms with E-state index < -0.39 is 85.5 Å². The van der Waals surface area contributed by atoms with Crippen molar-refractivity contribution in [2.45, 2.75) is 39.9 Å². The summed E-state index contributed by atoms with van der Waals surface area (Å²) in [7, 11) is 0. The van der Waals surface area contributed by atoms with Crippen LogP contribution in [-0.4, -0.2) is 19.1 Å². The van der Waals surface area contributed by atoms with Crippen LogP contribution < -0.4 is 9.30 Å². The molecule has 10 rings (SSSR count). The number of fused-ring (bicyclic) bond motifs is 4. The number of hydrogen-bond donors (Lipinski definition) is 0. The zero-order valence-corrected chi connectivity index (χ0v) is 32.0. The molecule has 4 aromatic heterocycles. The van der Waals surface area contributed by atoms with Gasteiger partial charge in [-0.25, -0.2) is 4.98 Å². The van der Waals surface area contributed by atoms with Crippen LogP contribution in [0.25, 0.3) is 72.3 Å². The van der Waals surface area contributed by atoms with Crippen LogP contribution in [0.3, 0.4) is 0 Å². The number of nitrogens with zero attached hydrogens (tertiary/aromatic N) is 5. The Balaban J connectivity index is 1.25. The molecule has 0 fully saturated rings. The first-order chi connectivity index (χ1) is 35.3. The van der Waals surface area contributed by atoms with Gasteiger partial charge in [-0.15, -0.1) is 0 Å². The minimum atomic E-state index is -3.07. The number of hydrogen-bond acceptors (Lipinski definition) is 3. The number of benzene rings is 6. The van der Waals surface area contributed by atoms with Gasteiger partial charge in [-0.1, -0.05) is 142 Å². The average molecular weight is 782 g/mol. The maximum atomic E-state index is 9.04. The third-order valence-electron chi connectivity index (χ3n) is 10.3. The Hall–Kier alpha value is -7.31. The Kier molecular flexibility index (Phi) is 5.46. The van der Waals surface area contributed by atoms with Crippen molar-refractivity contribution in [3.8, 4) is 50.9 Å². The van der Waals surface area contributed by atoms with Crippen LogP contribution in [0.15, 0.2) is 170 Å². The minimum absolute atomic E-state index is 0.0375. The quantitative estimate of drug-likeness (QED) is 0.120. The molecule has 0 unspecified atom stereocenters. The van der Waals surface area contributed by atoms with Crippen molar-refractivity contribution >= 4 is 32.8 Å². The lowest BCUT2D eigenvalue weighted by atomic mass is 9.88. The zero-order valence-electron chi connectivity index (χ0n) is 48.0. The Morgan fingerprint density at radius 2 is 1.36 bits per heavy atom. The minimum Gasteiger partial charge on any atom is -0.456 e. The second-order valence-electron chi connectivity index (χ2n) is 15.0. The lowest BCUT2D eigenvalue weighted by Gasteiger charge is -2.20. The third kappa shape index (κ3) is 6.34. The van der Waals surface area contributed by atoms with E-state index >= 15 is 0 Å². The van der Waals surface area contributed by atoms with Gasteiger partial charge in [0.15, 0.2) is 0 Å². The summed E-state index contributed by atoms with van der Waals surface area (Å²) in [5, 5.41) is 1.76. The van der Waals surface area contributed by atoms with Gasteiger partial charge in [-0.2, -0.15) is 0 Å². The number of pyridine rings is 2. The predicted octanol–water partition coefficient (Wildman–Crippen LogP) is 12.6. The molecule has 0 radical (unpaired) electrons. The second-order valence-corrected chi connectivity index (χ2v) is 15.0. The van der Waals surface area contributed by atoms with Crippen LogP contribution in [-0.2, 0) is 5.41 Å². The van der Waals surface area contributed by atoms with Gasteiger partial charge in [0.05, 0.1) is 58.5 Å². The Bertz CT molecular complexity index is 3880. The van der Waals surface area contributed by atoms with Crippen molar-refractivity contribution in [2.24, 2.45) is 0 Å². The maximum Gasteiger partial charge on any atom is 0.269 e. The number of para-hydroxylation sites is 4. The molecule has 0 amide bonds. The molecule has 286 valence electrons. The van der Waals surface area contributed by atoms with Crippen molar-refractivity contribution in [2.75, 3.05) is 0 Å². The molecule has 6 heteroatoms. The van der Waals surface area contributed by atoms with Gasteiger partial charge in [0.1, 0.15) is 17.3 Å². The lowest BCUT2D eigenvalue weighted by Crippen LogP contribution is -2.31. The van der Waals surface area contributed by atoms with E-state index in [2.05, 4.69) is 32.1 Å². The topological polar surface area (TPSA) is 48.8 Å². The highest BCUT2D eigenvalue weighted by Crippen LogP contribution is 2.38. The molecule has 0 bridgehead atoms. The van der Waals surface area contributed by atoms with Gasteiger partial charge in [0.25, 0.3) is 6.33 Å². The van der Waals surface area contributed by atoms with Crippen molar-refractivity contribution in [3.63, 3.8) is 0 Å². The summed E-state index contributed by atoms with van der Waals surface area (Å²) in [6.07, 6.45) is 4.92. The SMILES string of the molecule is [2H]c1c([2H])c([2H])c(-c2cccc(-c3c([2H])c([2H])c([2H])c([2H])c3[2H])c2-[n+]2[c-]n(-c3cc(Oc4ccc5c6ccccc6n(-c6cc(C(C)(C)C)ccn6)c5c4)c(C([2H])([2H])[2H])nc3C([2H])([2H])[2H])c3ccccc32)c([2H])c1[2H]. The molecule has 0 saturated carbocycles. The van der Waals surface area contributed by atoms with E-state index in [0.29, 0.717) is 11.3 Å². The highest BCUT2D eigenvalue weighted by Gasteiger charge is 2.22. The third-order valence-corrected chi connectivity index (χ3v) is 10.3. The summed E-state index contributed by atoms with van der Waals surface area (Å²) >= 11 is 0. The molecule has 0 saturated heterocycles. The Morgan fingerprint density at radius 3 is 2.07 bits per heavy atom. The van der Waals surface area contributed by atoms with Crippen LogP contribution in [0.2, 0.25) is 0 Å². The summed E-state index contributed by atoms with van der Waals surface area (Å²) in [6.45, 7) is 0.215. The number of aromatic nitrogens is 5. The first kappa shape index (κ1) is 22.6. The molecule has 6 aromatic carbocycles. The standard InChI is InChI=1S/C53H43N5O/c1-35-48(56-34-57(47-26-15-14-25-46(47)56)52-41(37-17-8-6-9-18-37)22-16-23-42(52)38-19-10-7-11-20-38)33-50(36(2)55-35)59-40-27-28-44-43-21-12-13-24-45(43)58(49(44)32-40)51-31-39(29-30-54-51)53(3,4)5/h6-33H,1-5H3/i1D3,2D3,6D,7D,8D,9D,10D,11D,17D,18D,19D,20D. The normalized spacial score (nSPS) is 16.1. The highest BCUT2D eigenvalue weighted by molar-refractivity contribution is 6.09. The first-order valence-corrected chi connectivity index (χ1v) is 18.8. The monoisotopic (exact) mass is 781 g/mol. The van der Waals surface area contributed by atoms with E-state index in [1.165, 1.54) is 33.4 Å². The fourth-order valence-electron chi connectivity index (χ4n) is 7.49. The molecule has 0 aliphatic rings. The van der Waals surface area contributed by atoms with Crippen LogP contribution >= 0.6 is 0 Å². The lowest BCUT2D eigenvalue weighted by molar-refractivity contribution is -0.571. The van der Waals surface area contributed by atoms with E-state index in [-0.39, 0.29) is 61.6 Å². The molecular formula is C53H43N5O.